The molecule has 204 valence electrons. The third kappa shape index (κ3) is 5.19. The van der Waals surface area contributed by atoms with Crippen molar-refractivity contribution < 1.29 is 9.84 Å². The van der Waals surface area contributed by atoms with Gasteiger partial charge in [0.1, 0.15) is 17.7 Å². The maximum atomic E-state index is 10.5. The predicted octanol–water partition coefficient (Wildman–Crippen LogP) is 3.45. The van der Waals surface area contributed by atoms with E-state index in [1.165, 1.54) is 6.42 Å². The van der Waals surface area contributed by atoms with E-state index in [4.69, 9.17) is 14.7 Å². The van der Waals surface area contributed by atoms with Crippen LogP contribution in [0.2, 0.25) is 0 Å². The lowest BCUT2D eigenvalue weighted by molar-refractivity contribution is 0.111. The molecule has 0 spiro atoms. The Kier molecular flexibility index (Phi) is 7.15. The first-order valence-corrected chi connectivity index (χ1v) is 14.1. The summed E-state index contributed by atoms with van der Waals surface area (Å²) >= 11 is 0. The van der Waals surface area contributed by atoms with Gasteiger partial charge in [-0.25, -0.2) is 0 Å². The molecule has 0 aliphatic carbocycles. The number of phenolic OH excluding ortho intramolecular Hbond substituents is 1. The number of likely N-dealkylation sites (tertiary alicyclic amines) is 1. The molecule has 0 amide bonds. The summed E-state index contributed by atoms with van der Waals surface area (Å²) in [5, 5.41) is 25.4. The van der Waals surface area contributed by atoms with Crippen LogP contribution in [0.5, 0.6) is 11.8 Å². The Morgan fingerprint density at radius 3 is 2.87 bits per heavy atom. The molecule has 2 N–H and O–H groups in total. The summed E-state index contributed by atoms with van der Waals surface area (Å²) in [6.07, 6.45) is 3.53. The molecular weight excluding hydrogens is 490 g/mol. The van der Waals surface area contributed by atoms with E-state index in [0.29, 0.717) is 25.0 Å². The summed E-state index contributed by atoms with van der Waals surface area (Å²) in [6, 6.07) is 15.0. The van der Waals surface area contributed by atoms with Gasteiger partial charge in [-0.15, -0.1) is 0 Å². The van der Waals surface area contributed by atoms with Crippen LogP contribution < -0.4 is 19.9 Å². The number of nitrogens with zero attached hydrogens (tertiary/aromatic N) is 6. The van der Waals surface area contributed by atoms with E-state index in [9.17, 15) is 10.4 Å². The standard InChI is InChI=1S/C30H37N7O2/c1-20(27-8-5-13-35(27)2)39-30-33-26-19-36(28-17-23(38)16-21-6-3-4-7-24(21)28)14-10-25(26)29(34-30)37-15-12-32-22(18-37)9-11-31/h3-4,6-7,16-17,20,22,27,32,38H,5,8-10,12-15,18-19H2,1-2H3/t20-,22+,27-/m1/s1. The second kappa shape index (κ2) is 10.9. The van der Waals surface area contributed by atoms with Gasteiger partial charge in [0.05, 0.1) is 24.7 Å². The van der Waals surface area contributed by atoms with Gasteiger partial charge in [-0.1, -0.05) is 24.3 Å². The number of benzene rings is 2. The van der Waals surface area contributed by atoms with Crippen molar-refractivity contribution in [3.63, 3.8) is 0 Å². The third-order valence-corrected chi connectivity index (χ3v) is 8.49. The predicted molar refractivity (Wildman–Crippen MR) is 152 cm³/mol. The molecule has 39 heavy (non-hydrogen) atoms. The van der Waals surface area contributed by atoms with Crippen molar-refractivity contribution in [1.29, 1.82) is 5.26 Å². The number of nitrogens with one attached hydrogen (secondary N) is 1. The highest BCUT2D eigenvalue weighted by Crippen LogP contribution is 2.36. The first-order chi connectivity index (χ1) is 19.0. The quantitative estimate of drug-likeness (QED) is 0.499. The minimum absolute atomic E-state index is 0.0209. The summed E-state index contributed by atoms with van der Waals surface area (Å²) in [5.74, 6) is 1.20. The lowest BCUT2D eigenvalue weighted by atomic mass is 10.0. The molecule has 0 bridgehead atoms. The largest absolute Gasteiger partial charge is 0.508 e. The molecule has 2 saturated heterocycles. The van der Waals surface area contributed by atoms with Gasteiger partial charge >= 0.3 is 6.01 Å². The van der Waals surface area contributed by atoms with E-state index in [1.54, 1.807) is 0 Å². The average molecular weight is 528 g/mol. The van der Waals surface area contributed by atoms with Gasteiger partial charge in [-0.2, -0.15) is 15.2 Å². The molecule has 3 aliphatic heterocycles. The number of fused-ring (bicyclic) bond motifs is 2. The zero-order chi connectivity index (χ0) is 26.9. The second-order valence-electron chi connectivity index (χ2n) is 11.1. The van der Waals surface area contributed by atoms with E-state index in [-0.39, 0.29) is 17.9 Å². The Balaban J connectivity index is 1.35. The molecule has 9 nitrogen and oxygen atoms in total. The van der Waals surface area contributed by atoms with Crippen LogP contribution in [0.1, 0.15) is 37.4 Å². The molecular formula is C30H37N7O2. The summed E-state index contributed by atoms with van der Waals surface area (Å²) in [4.78, 5) is 17.0. The van der Waals surface area contributed by atoms with Crippen molar-refractivity contribution in [3.05, 3.63) is 47.7 Å². The van der Waals surface area contributed by atoms with Gasteiger partial charge < -0.3 is 25.0 Å². The van der Waals surface area contributed by atoms with Crippen LogP contribution in [-0.4, -0.2) is 77.9 Å². The lowest BCUT2D eigenvalue weighted by Crippen LogP contribution is -2.51. The van der Waals surface area contributed by atoms with E-state index < -0.39 is 0 Å². The molecule has 0 radical (unpaired) electrons. The maximum Gasteiger partial charge on any atom is 0.318 e. The lowest BCUT2D eigenvalue weighted by Gasteiger charge is -2.37. The zero-order valence-electron chi connectivity index (χ0n) is 22.8. The van der Waals surface area contributed by atoms with Gasteiger partial charge in [-0.05, 0) is 51.2 Å². The van der Waals surface area contributed by atoms with Crippen molar-refractivity contribution in [1.82, 2.24) is 20.2 Å². The smallest absolute Gasteiger partial charge is 0.318 e. The number of nitriles is 1. The van der Waals surface area contributed by atoms with Crippen LogP contribution in [0, 0.1) is 11.3 Å². The van der Waals surface area contributed by atoms with Crippen LogP contribution in [0.15, 0.2) is 36.4 Å². The molecule has 0 unspecified atom stereocenters. The highest BCUT2D eigenvalue weighted by molar-refractivity contribution is 5.95. The van der Waals surface area contributed by atoms with E-state index in [1.807, 2.05) is 30.3 Å². The molecule has 2 fully saturated rings. The number of hydrogen-bond donors (Lipinski definition) is 2. The molecule has 2 aromatic carbocycles. The van der Waals surface area contributed by atoms with Gasteiger partial charge in [-0.3, -0.25) is 4.90 Å². The molecule has 3 aromatic rings. The Morgan fingerprint density at radius 2 is 2.05 bits per heavy atom. The van der Waals surface area contributed by atoms with Crippen molar-refractivity contribution in [2.75, 3.05) is 49.6 Å². The van der Waals surface area contributed by atoms with Crippen molar-refractivity contribution in [2.45, 2.75) is 57.3 Å². The van der Waals surface area contributed by atoms with Crippen LogP contribution in [0.4, 0.5) is 11.5 Å². The van der Waals surface area contributed by atoms with Gasteiger partial charge in [0, 0.05) is 61.0 Å². The third-order valence-electron chi connectivity index (χ3n) is 8.49. The summed E-state index contributed by atoms with van der Waals surface area (Å²) in [6.45, 7) is 6.99. The number of rotatable bonds is 6. The number of aromatic nitrogens is 2. The minimum atomic E-state index is -0.0209. The maximum absolute atomic E-state index is 10.5. The monoisotopic (exact) mass is 527 g/mol. The number of hydrogen-bond acceptors (Lipinski definition) is 9. The van der Waals surface area contributed by atoms with E-state index in [0.717, 1.165) is 79.1 Å². The normalized spacial score (nSPS) is 22.5. The number of piperazine rings is 1. The molecule has 0 saturated carbocycles. The molecule has 3 atom stereocenters. The van der Waals surface area contributed by atoms with Crippen molar-refractivity contribution >= 4 is 22.3 Å². The summed E-state index contributed by atoms with van der Waals surface area (Å²) < 4.78 is 6.45. The SMILES string of the molecule is C[C@@H](Oc1nc2c(c(N3CCN[C@@H](CC#N)C3)n1)CCN(c1cc(O)cc3ccccc13)C2)[C@H]1CCCN1C. The fraction of sp³-hybridized carbons (Fsp3) is 0.500. The number of phenols is 1. The Bertz CT molecular complexity index is 1390. The first kappa shape index (κ1) is 25.7. The van der Waals surface area contributed by atoms with Crippen LogP contribution in [0.25, 0.3) is 10.8 Å². The fourth-order valence-corrected chi connectivity index (χ4v) is 6.48. The van der Waals surface area contributed by atoms with Gasteiger partial charge in [0.15, 0.2) is 0 Å². The van der Waals surface area contributed by atoms with E-state index >= 15 is 0 Å². The number of ether oxygens (including phenoxy) is 1. The van der Waals surface area contributed by atoms with E-state index in [2.05, 4.69) is 46.1 Å². The second-order valence-corrected chi connectivity index (χ2v) is 11.1. The van der Waals surface area contributed by atoms with Crippen molar-refractivity contribution in [3.8, 4) is 17.8 Å². The average Bonchev–Trinajstić information content (AvgIpc) is 3.38. The Labute approximate surface area is 230 Å². The van der Waals surface area contributed by atoms with Crippen LogP contribution in [0.3, 0.4) is 0 Å². The number of likely N-dealkylation sites (N-methyl/N-ethyl adjacent to an activating group) is 1. The molecule has 1 aromatic heterocycles. The summed E-state index contributed by atoms with van der Waals surface area (Å²) in [7, 11) is 2.16. The topological polar surface area (TPSA) is 101 Å². The molecule has 9 heteroatoms. The highest BCUT2D eigenvalue weighted by atomic mass is 16.5. The molecule has 4 heterocycles. The minimum Gasteiger partial charge on any atom is -0.508 e. The fourth-order valence-electron chi connectivity index (χ4n) is 6.48. The highest BCUT2D eigenvalue weighted by Gasteiger charge is 2.32. The molecule has 3 aliphatic rings. The Morgan fingerprint density at radius 1 is 1.18 bits per heavy atom. The summed E-state index contributed by atoms with van der Waals surface area (Å²) in [5.41, 5.74) is 3.14. The molecule has 6 rings (SSSR count). The Hall–Kier alpha value is -3.61. The zero-order valence-corrected chi connectivity index (χ0v) is 22.8. The van der Waals surface area contributed by atoms with Gasteiger partial charge in [0.2, 0.25) is 0 Å². The first-order valence-electron chi connectivity index (χ1n) is 14.1. The van der Waals surface area contributed by atoms with Crippen LogP contribution in [-0.2, 0) is 13.0 Å². The number of aromatic hydroxyl groups is 1. The van der Waals surface area contributed by atoms with Gasteiger partial charge in [0.25, 0.3) is 0 Å². The number of anilines is 2. The van der Waals surface area contributed by atoms with Crippen LogP contribution >= 0.6 is 0 Å². The van der Waals surface area contributed by atoms with Crippen molar-refractivity contribution in [2.24, 2.45) is 0 Å².